The highest BCUT2D eigenvalue weighted by Crippen LogP contribution is 2.17. The van der Waals surface area contributed by atoms with Crippen LogP contribution >= 0.6 is 11.3 Å². The molecular formula is C10H17N3O2S. The van der Waals surface area contributed by atoms with Crippen LogP contribution in [0.5, 0.6) is 0 Å². The van der Waals surface area contributed by atoms with Crippen LogP contribution in [0.3, 0.4) is 0 Å². The summed E-state index contributed by atoms with van der Waals surface area (Å²) in [6.07, 6.45) is 1.73. The van der Waals surface area contributed by atoms with Gasteiger partial charge in [-0.2, -0.15) is 0 Å². The Balaban J connectivity index is 2.40. The normalized spacial score (nSPS) is 12.2. The SMILES string of the molecule is CCNc1ncc(C(=O)NCCC(C)O)s1. The first-order valence-corrected chi connectivity index (χ1v) is 6.11. The van der Waals surface area contributed by atoms with Crippen molar-refractivity contribution in [3.05, 3.63) is 11.1 Å². The van der Waals surface area contributed by atoms with Crippen molar-refractivity contribution in [1.82, 2.24) is 10.3 Å². The molecule has 1 rings (SSSR count). The van der Waals surface area contributed by atoms with Gasteiger partial charge < -0.3 is 15.7 Å². The Bertz CT molecular complexity index is 339. The summed E-state index contributed by atoms with van der Waals surface area (Å²) in [6, 6.07) is 0. The van der Waals surface area contributed by atoms with Gasteiger partial charge in [-0.3, -0.25) is 4.79 Å². The van der Waals surface area contributed by atoms with Crippen LogP contribution < -0.4 is 10.6 Å². The maximum Gasteiger partial charge on any atom is 0.263 e. The average Bonchev–Trinajstić information content (AvgIpc) is 2.66. The molecule has 1 atom stereocenters. The summed E-state index contributed by atoms with van der Waals surface area (Å²) in [5.74, 6) is -0.137. The minimum Gasteiger partial charge on any atom is -0.393 e. The number of aliphatic hydroxyl groups is 1. The second-order valence-electron chi connectivity index (χ2n) is 3.45. The van der Waals surface area contributed by atoms with Gasteiger partial charge in [0.25, 0.3) is 5.91 Å². The van der Waals surface area contributed by atoms with E-state index in [4.69, 9.17) is 5.11 Å². The molecule has 0 bridgehead atoms. The molecule has 0 spiro atoms. The number of carbonyl (C=O) groups excluding carboxylic acids is 1. The molecule has 6 heteroatoms. The third-order valence-electron chi connectivity index (χ3n) is 1.91. The number of nitrogens with one attached hydrogen (secondary N) is 2. The zero-order valence-corrected chi connectivity index (χ0v) is 10.3. The topological polar surface area (TPSA) is 74.2 Å². The quantitative estimate of drug-likeness (QED) is 0.699. The first-order valence-electron chi connectivity index (χ1n) is 5.29. The van der Waals surface area contributed by atoms with E-state index in [0.717, 1.165) is 11.7 Å². The van der Waals surface area contributed by atoms with Gasteiger partial charge in [0.05, 0.1) is 12.3 Å². The lowest BCUT2D eigenvalue weighted by Gasteiger charge is -2.04. The van der Waals surface area contributed by atoms with Crippen molar-refractivity contribution in [2.45, 2.75) is 26.4 Å². The summed E-state index contributed by atoms with van der Waals surface area (Å²) in [5.41, 5.74) is 0. The highest BCUT2D eigenvalue weighted by Gasteiger charge is 2.09. The lowest BCUT2D eigenvalue weighted by molar-refractivity contribution is 0.0949. The van der Waals surface area contributed by atoms with Gasteiger partial charge in [-0.15, -0.1) is 0 Å². The summed E-state index contributed by atoms with van der Waals surface area (Å²) >= 11 is 1.33. The Morgan fingerprint density at radius 1 is 1.69 bits per heavy atom. The molecular weight excluding hydrogens is 226 g/mol. The average molecular weight is 243 g/mol. The van der Waals surface area contributed by atoms with Crippen molar-refractivity contribution in [2.75, 3.05) is 18.4 Å². The minimum absolute atomic E-state index is 0.137. The Labute approximate surface area is 98.9 Å². The van der Waals surface area contributed by atoms with Gasteiger partial charge in [-0.05, 0) is 20.3 Å². The van der Waals surface area contributed by atoms with Crippen molar-refractivity contribution in [2.24, 2.45) is 0 Å². The van der Waals surface area contributed by atoms with E-state index in [9.17, 15) is 4.79 Å². The summed E-state index contributed by atoms with van der Waals surface area (Å²) in [7, 11) is 0. The molecule has 3 N–H and O–H groups in total. The summed E-state index contributed by atoms with van der Waals surface area (Å²) in [6.45, 7) is 4.94. The molecule has 1 unspecified atom stereocenters. The Morgan fingerprint density at radius 3 is 3.06 bits per heavy atom. The van der Waals surface area contributed by atoms with E-state index in [2.05, 4.69) is 15.6 Å². The van der Waals surface area contributed by atoms with Gasteiger partial charge in [0.1, 0.15) is 4.88 Å². The van der Waals surface area contributed by atoms with Gasteiger partial charge in [-0.1, -0.05) is 11.3 Å². The van der Waals surface area contributed by atoms with Crippen molar-refractivity contribution in [1.29, 1.82) is 0 Å². The fraction of sp³-hybridized carbons (Fsp3) is 0.600. The van der Waals surface area contributed by atoms with Gasteiger partial charge in [0.15, 0.2) is 5.13 Å². The fourth-order valence-electron chi connectivity index (χ4n) is 1.09. The largest absolute Gasteiger partial charge is 0.393 e. The summed E-state index contributed by atoms with van der Waals surface area (Å²) in [5, 5.41) is 15.6. The van der Waals surface area contributed by atoms with E-state index in [1.165, 1.54) is 11.3 Å². The smallest absolute Gasteiger partial charge is 0.263 e. The van der Waals surface area contributed by atoms with Crippen LogP contribution in [0.2, 0.25) is 0 Å². The molecule has 1 aromatic rings. The Morgan fingerprint density at radius 2 is 2.44 bits per heavy atom. The first-order chi connectivity index (χ1) is 7.63. The Hall–Kier alpha value is -1.14. The lowest BCUT2D eigenvalue weighted by Crippen LogP contribution is -2.25. The fourth-order valence-corrected chi connectivity index (χ4v) is 1.89. The number of carbonyl (C=O) groups is 1. The first kappa shape index (κ1) is 12.9. The number of thiazole rings is 1. The molecule has 0 fully saturated rings. The van der Waals surface area contributed by atoms with E-state index in [1.54, 1.807) is 13.1 Å². The molecule has 0 saturated heterocycles. The highest BCUT2D eigenvalue weighted by atomic mass is 32.1. The third kappa shape index (κ3) is 4.16. The van der Waals surface area contributed by atoms with Crippen molar-refractivity contribution in [3.63, 3.8) is 0 Å². The number of nitrogens with zero attached hydrogens (tertiary/aromatic N) is 1. The number of anilines is 1. The Kier molecular flexibility index (Phi) is 5.21. The summed E-state index contributed by atoms with van der Waals surface area (Å²) < 4.78 is 0. The molecule has 1 heterocycles. The molecule has 1 aromatic heterocycles. The number of aliphatic hydroxyl groups excluding tert-OH is 1. The van der Waals surface area contributed by atoms with Crippen LogP contribution in [0.1, 0.15) is 29.9 Å². The van der Waals surface area contributed by atoms with E-state index in [1.807, 2.05) is 6.92 Å². The zero-order chi connectivity index (χ0) is 12.0. The van der Waals surface area contributed by atoms with Crippen LogP contribution in [-0.2, 0) is 0 Å². The van der Waals surface area contributed by atoms with Crippen molar-refractivity contribution < 1.29 is 9.90 Å². The molecule has 90 valence electrons. The molecule has 0 aliphatic rings. The number of hydrogen-bond acceptors (Lipinski definition) is 5. The number of rotatable bonds is 6. The van der Waals surface area contributed by atoms with Crippen LogP contribution in [0, 0.1) is 0 Å². The molecule has 0 radical (unpaired) electrons. The number of amides is 1. The predicted molar refractivity (Wildman–Crippen MR) is 64.9 cm³/mol. The zero-order valence-electron chi connectivity index (χ0n) is 9.49. The van der Waals surface area contributed by atoms with Gasteiger partial charge >= 0.3 is 0 Å². The lowest BCUT2D eigenvalue weighted by atomic mass is 10.3. The molecule has 5 nitrogen and oxygen atoms in total. The highest BCUT2D eigenvalue weighted by molar-refractivity contribution is 7.17. The molecule has 0 saturated carbocycles. The molecule has 0 aromatic carbocycles. The molecule has 0 aliphatic carbocycles. The van der Waals surface area contributed by atoms with E-state index in [0.29, 0.717) is 17.8 Å². The second kappa shape index (κ2) is 6.44. The van der Waals surface area contributed by atoms with Gasteiger partial charge in [0.2, 0.25) is 0 Å². The standard InChI is InChI=1S/C10H17N3O2S/c1-3-11-10-13-6-8(16-10)9(15)12-5-4-7(2)14/h6-7,14H,3-5H2,1-2H3,(H,11,13)(H,12,15). The van der Waals surface area contributed by atoms with Crippen molar-refractivity contribution >= 4 is 22.4 Å². The summed E-state index contributed by atoms with van der Waals surface area (Å²) in [4.78, 5) is 16.2. The minimum atomic E-state index is -0.390. The van der Waals surface area contributed by atoms with Gasteiger partial charge in [0, 0.05) is 13.1 Å². The maximum atomic E-state index is 11.6. The second-order valence-corrected chi connectivity index (χ2v) is 4.48. The number of hydrogen-bond donors (Lipinski definition) is 3. The van der Waals surface area contributed by atoms with Crippen LogP contribution in [0.4, 0.5) is 5.13 Å². The van der Waals surface area contributed by atoms with Crippen molar-refractivity contribution in [3.8, 4) is 0 Å². The predicted octanol–water partition coefficient (Wildman–Crippen LogP) is 1.08. The van der Waals surface area contributed by atoms with Crippen LogP contribution in [-0.4, -0.2) is 35.2 Å². The van der Waals surface area contributed by atoms with E-state index in [-0.39, 0.29) is 12.0 Å². The van der Waals surface area contributed by atoms with Crippen LogP contribution in [0.15, 0.2) is 6.20 Å². The van der Waals surface area contributed by atoms with Crippen LogP contribution in [0.25, 0.3) is 0 Å². The number of aromatic nitrogens is 1. The van der Waals surface area contributed by atoms with Gasteiger partial charge in [-0.25, -0.2) is 4.98 Å². The van der Waals surface area contributed by atoms with E-state index < -0.39 is 0 Å². The third-order valence-corrected chi connectivity index (χ3v) is 2.86. The monoisotopic (exact) mass is 243 g/mol. The van der Waals surface area contributed by atoms with E-state index >= 15 is 0 Å². The maximum absolute atomic E-state index is 11.6. The molecule has 1 amide bonds. The molecule has 16 heavy (non-hydrogen) atoms. The molecule has 0 aliphatic heterocycles.